The first-order valence-electron chi connectivity index (χ1n) is 8.00. The van der Waals surface area contributed by atoms with Gasteiger partial charge in [-0.15, -0.1) is 0 Å². The monoisotopic (exact) mass is 345 g/mol. The number of aromatic nitrogens is 1. The number of sulfonamides is 1. The minimum Gasteiger partial charge on any atom is -0.316 e. The van der Waals surface area contributed by atoms with Crippen molar-refractivity contribution < 1.29 is 8.42 Å². The second-order valence-corrected chi connectivity index (χ2v) is 8.21. The van der Waals surface area contributed by atoms with Crippen molar-refractivity contribution in [3.05, 3.63) is 52.4 Å². The van der Waals surface area contributed by atoms with Gasteiger partial charge in [0.1, 0.15) is 0 Å². The quantitative estimate of drug-likeness (QED) is 0.844. The Bertz CT molecular complexity index is 948. The number of nitrogens with zero attached hydrogens (tertiary/aromatic N) is 1. The highest BCUT2D eigenvalue weighted by molar-refractivity contribution is 7.89. The molecule has 126 valence electrons. The van der Waals surface area contributed by atoms with Gasteiger partial charge in [0, 0.05) is 30.8 Å². The molecule has 2 aliphatic heterocycles. The van der Waals surface area contributed by atoms with Crippen molar-refractivity contribution in [1.82, 2.24) is 9.88 Å². The van der Waals surface area contributed by atoms with Crippen molar-refractivity contribution in [2.45, 2.75) is 23.8 Å². The van der Waals surface area contributed by atoms with E-state index in [-0.39, 0.29) is 10.5 Å². The lowest BCUT2D eigenvalue weighted by molar-refractivity contribution is 0.257. The Kier molecular flexibility index (Phi) is 3.59. The Morgan fingerprint density at radius 2 is 1.83 bits per heavy atom. The molecule has 0 unspecified atom stereocenters. The van der Waals surface area contributed by atoms with Crippen LogP contribution in [-0.2, 0) is 16.6 Å². The number of benzene rings is 1. The summed E-state index contributed by atoms with van der Waals surface area (Å²) in [6.07, 6.45) is 1.11. The van der Waals surface area contributed by atoms with E-state index in [0.29, 0.717) is 11.8 Å². The van der Waals surface area contributed by atoms with Crippen LogP contribution >= 0.6 is 0 Å². The summed E-state index contributed by atoms with van der Waals surface area (Å²) < 4.78 is 24.6. The van der Waals surface area contributed by atoms with E-state index < -0.39 is 10.0 Å². The summed E-state index contributed by atoms with van der Waals surface area (Å²) >= 11 is 0. The number of piperidine rings is 1. The third kappa shape index (κ3) is 2.68. The van der Waals surface area contributed by atoms with Gasteiger partial charge in [-0.2, -0.15) is 0 Å². The lowest BCUT2D eigenvalue weighted by Crippen LogP contribution is -2.44. The van der Waals surface area contributed by atoms with E-state index in [1.807, 2.05) is 4.57 Å². The Morgan fingerprint density at radius 3 is 2.54 bits per heavy atom. The van der Waals surface area contributed by atoms with Gasteiger partial charge in [-0.1, -0.05) is 12.1 Å². The zero-order valence-corrected chi connectivity index (χ0v) is 13.9. The van der Waals surface area contributed by atoms with E-state index in [1.54, 1.807) is 18.2 Å². The standard InChI is InChI=1S/C17H19N3O3S/c18-24(22,23)15-3-1-12(2-4-15)13-6-16-14-5-11(8-19-9-14)10-20(16)17(21)7-13/h1-4,6-7,11,14,19H,5,8-10H2,(H2,18,22,23)/t11-,14+/m0/s1. The molecule has 0 saturated carbocycles. The second-order valence-electron chi connectivity index (χ2n) is 6.64. The summed E-state index contributed by atoms with van der Waals surface area (Å²) in [6, 6.07) is 10.0. The fraction of sp³-hybridized carbons (Fsp3) is 0.353. The van der Waals surface area contributed by atoms with Gasteiger partial charge in [0.05, 0.1) is 4.90 Å². The number of primary sulfonamides is 1. The lowest BCUT2D eigenvalue weighted by Gasteiger charge is -2.37. The third-order valence-corrected chi connectivity index (χ3v) is 5.91. The zero-order chi connectivity index (χ0) is 16.9. The van der Waals surface area contributed by atoms with E-state index in [4.69, 9.17) is 5.14 Å². The number of nitrogens with two attached hydrogens (primary N) is 1. The summed E-state index contributed by atoms with van der Waals surface area (Å²) in [6.45, 7) is 2.63. The number of fused-ring (bicyclic) bond motifs is 4. The first kappa shape index (κ1) is 15.6. The van der Waals surface area contributed by atoms with Gasteiger partial charge in [0.15, 0.2) is 0 Å². The fourth-order valence-corrected chi connectivity index (χ4v) is 4.32. The number of hydrogen-bond donors (Lipinski definition) is 2. The molecule has 0 aliphatic carbocycles. The van der Waals surface area contributed by atoms with Crippen LogP contribution in [0.15, 0.2) is 46.1 Å². The van der Waals surface area contributed by atoms with Gasteiger partial charge >= 0.3 is 0 Å². The van der Waals surface area contributed by atoms with Crippen LogP contribution in [0.2, 0.25) is 0 Å². The fourth-order valence-electron chi connectivity index (χ4n) is 3.81. The molecule has 6 nitrogen and oxygen atoms in total. The Hall–Kier alpha value is -1.96. The predicted octanol–water partition coefficient (Wildman–Crippen LogP) is 0.869. The molecule has 1 fully saturated rings. The normalized spacial score (nSPS) is 22.9. The van der Waals surface area contributed by atoms with Crippen LogP contribution in [0.25, 0.3) is 11.1 Å². The van der Waals surface area contributed by atoms with Crippen LogP contribution in [0, 0.1) is 5.92 Å². The maximum atomic E-state index is 12.5. The molecular formula is C17H19N3O3S. The summed E-state index contributed by atoms with van der Waals surface area (Å²) in [5.74, 6) is 0.877. The molecule has 2 aromatic rings. The van der Waals surface area contributed by atoms with E-state index in [2.05, 4.69) is 11.4 Å². The van der Waals surface area contributed by atoms with Crippen LogP contribution in [0.3, 0.4) is 0 Å². The van der Waals surface area contributed by atoms with Gasteiger partial charge < -0.3 is 9.88 Å². The van der Waals surface area contributed by atoms with Crippen LogP contribution in [0.5, 0.6) is 0 Å². The molecule has 1 saturated heterocycles. The highest BCUT2D eigenvalue weighted by Gasteiger charge is 2.31. The second kappa shape index (κ2) is 5.54. The van der Waals surface area contributed by atoms with Crippen LogP contribution in [0.1, 0.15) is 18.0 Å². The summed E-state index contributed by atoms with van der Waals surface area (Å²) in [5, 5.41) is 8.56. The molecule has 7 heteroatoms. The van der Waals surface area contributed by atoms with Crippen LogP contribution in [-0.4, -0.2) is 26.1 Å². The molecule has 24 heavy (non-hydrogen) atoms. The van der Waals surface area contributed by atoms with Crippen molar-refractivity contribution in [1.29, 1.82) is 0 Å². The molecule has 2 aliphatic rings. The highest BCUT2D eigenvalue weighted by Crippen LogP contribution is 2.33. The van der Waals surface area contributed by atoms with Gasteiger partial charge in [0.2, 0.25) is 10.0 Å². The number of hydrogen-bond acceptors (Lipinski definition) is 4. The summed E-state index contributed by atoms with van der Waals surface area (Å²) in [7, 11) is -3.71. The molecule has 2 atom stereocenters. The summed E-state index contributed by atoms with van der Waals surface area (Å²) in [5.41, 5.74) is 2.70. The predicted molar refractivity (Wildman–Crippen MR) is 91.2 cm³/mol. The van der Waals surface area contributed by atoms with Gasteiger partial charge in [-0.25, -0.2) is 13.6 Å². The van der Waals surface area contributed by atoms with Crippen molar-refractivity contribution in [2.24, 2.45) is 11.1 Å². The molecule has 4 rings (SSSR count). The maximum absolute atomic E-state index is 12.5. The molecule has 0 spiro atoms. The lowest BCUT2D eigenvalue weighted by atomic mass is 9.83. The molecule has 3 N–H and O–H groups in total. The smallest absolute Gasteiger partial charge is 0.251 e. The molecular weight excluding hydrogens is 326 g/mol. The van der Waals surface area contributed by atoms with Crippen LogP contribution < -0.4 is 16.0 Å². The van der Waals surface area contributed by atoms with E-state index >= 15 is 0 Å². The number of pyridine rings is 1. The van der Waals surface area contributed by atoms with E-state index in [1.165, 1.54) is 12.1 Å². The SMILES string of the molecule is NS(=O)(=O)c1ccc(-c2cc3n(c(=O)c2)C[C@@H]2CNC[C@H]3C2)cc1. The topological polar surface area (TPSA) is 94.2 Å². The van der Waals surface area contributed by atoms with Crippen molar-refractivity contribution in [3.8, 4) is 11.1 Å². The Balaban J connectivity index is 1.78. The molecule has 1 aromatic carbocycles. The van der Waals surface area contributed by atoms with Crippen LogP contribution in [0.4, 0.5) is 0 Å². The highest BCUT2D eigenvalue weighted by atomic mass is 32.2. The first-order chi connectivity index (χ1) is 11.4. The maximum Gasteiger partial charge on any atom is 0.251 e. The third-order valence-electron chi connectivity index (χ3n) is 4.98. The molecule has 0 radical (unpaired) electrons. The van der Waals surface area contributed by atoms with Crippen molar-refractivity contribution in [2.75, 3.05) is 13.1 Å². The molecule has 0 amide bonds. The number of nitrogens with one attached hydrogen (secondary N) is 1. The molecule has 2 bridgehead atoms. The molecule has 1 aromatic heterocycles. The van der Waals surface area contributed by atoms with Crippen molar-refractivity contribution >= 4 is 10.0 Å². The summed E-state index contributed by atoms with van der Waals surface area (Å²) in [4.78, 5) is 12.6. The number of rotatable bonds is 2. The van der Waals surface area contributed by atoms with E-state index in [9.17, 15) is 13.2 Å². The minimum atomic E-state index is -3.71. The Labute approximate surface area is 140 Å². The minimum absolute atomic E-state index is 0.00891. The van der Waals surface area contributed by atoms with E-state index in [0.717, 1.165) is 42.9 Å². The average molecular weight is 345 g/mol. The largest absolute Gasteiger partial charge is 0.316 e. The zero-order valence-electron chi connectivity index (χ0n) is 13.1. The molecule has 3 heterocycles. The van der Waals surface area contributed by atoms with Crippen molar-refractivity contribution in [3.63, 3.8) is 0 Å². The van der Waals surface area contributed by atoms with Gasteiger partial charge in [0.25, 0.3) is 5.56 Å². The van der Waals surface area contributed by atoms with Gasteiger partial charge in [-0.05, 0) is 48.2 Å². The first-order valence-corrected chi connectivity index (χ1v) is 9.55. The average Bonchev–Trinajstić information content (AvgIpc) is 2.55. The Morgan fingerprint density at radius 1 is 1.08 bits per heavy atom. The van der Waals surface area contributed by atoms with Gasteiger partial charge in [-0.3, -0.25) is 4.79 Å².